The van der Waals surface area contributed by atoms with Gasteiger partial charge in [-0.3, -0.25) is 0 Å². The Morgan fingerprint density at radius 2 is 1.71 bits per heavy atom. The summed E-state index contributed by atoms with van der Waals surface area (Å²) < 4.78 is 0. The summed E-state index contributed by atoms with van der Waals surface area (Å²) >= 11 is 3.80. The number of carbonyl (C=O) groups excluding carboxylic acids is 2. The van der Waals surface area contributed by atoms with Gasteiger partial charge in [0, 0.05) is 30.7 Å². The summed E-state index contributed by atoms with van der Waals surface area (Å²) in [6.45, 7) is 0.684. The summed E-state index contributed by atoms with van der Waals surface area (Å²) in [7, 11) is 0. The number of hydrogen-bond donors (Lipinski definition) is 3. The van der Waals surface area contributed by atoms with Crippen LogP contribution in [0.3, 0.4) is 0 Å². The molecular weight excluding hydrogens is 284 g/mol. The molecule has 0 aromatic heterocycles. The first-order chi connectivity index (χ1) is 5.95. The van der Waals surface area contributed by atoms with Crippen molar-refractivity contribution < 1.29 is 19.8 Å². The SMILES string of the molecule is NC(CC(=O)[O-])C(=O)[O-].NCCS.[Sr+2]. The second-order valence-corrected chi connectivity index (χ2v) is 2.46. The number of carboxylic acid groups (broad SMARTS) is 2. The summed E-state index contributed by atoms with van der Waals surface area (Å²) in [4.78, 5) is 19.3. The number of nitrogens with two attached hydrogens (primary N) is 2. The van der Waals surface area contributed by atoms with Crippen molar-refractivity contribution in [3.63, 3.8) is 0 Å². The van der Waals surface area contributed by atoms with Gasteiger partial charge >= 0.3 is 45.5 Å². The van der Waals surface area contributed by atoms with E-state index in [1.54, 1.807) is 0 Å². The molecule has 0 amide bonds. The fourth-order valence-corrected chi connectivity index (χ4v) is 0.263. The molecule has 0 saturated heterocycles. The van der Waals surface area contributed by atoms with Crippen LogP contribution in [0.1, 0.15) is 6.42 Å². The van der Waals surface area contributed by atoms with Crippen LogP contribution in [0.5, 0.6) is 0 Å². The Balaban J connectivity index is -0.000000209. The first kappa shape index (κ1) is 20.1. The summed E-state index contributed by atoms with van der Waals surface area (Å²) in [5.74, 6) is -2.29. The molecule has 0 aliphatic rings. The molecule has 0 bridgehead atoms. The second kappa shape index (κ2) is 13.7. The Labute approximate surface area is 125 Å². The van der Waals surface area contributed by atoms with E-state index in [0.717, 1.165) is 5.75 Å². The molecule has 0 aromatic carbocycles. The first-order valence-corrected chi connectivity index (χ1v) is 4.06. The van der Waals surface area contributed by atoms with E-state index < -0.39 is 24.4 Å². The molecule has 14 heavy (non-hydrogen) atoms. The topological polar surface area (TPSA) is 132 Å². The third-order valence-corrected chi connectivity index (χ3v) is 1.08. The molecule has 0 aromatic rings. The van der Waals surface area contributed by atoms with E-state index >= 15 is 0 Å². The predicted octanol–water partition coefficient (Wildman–Crippen LogP) is -4.30. The van der Waals surface area contributed by atoms with Crippen molar-refractivity contribution in [2.75, 3.05) is 12.3 Å². The van der Waals surface area contributed by atoms with E-state index in [0.29, 0.717) is 6.54 Å². The quantitative estimate of drug-likeness (QED) is 0.355. The molecule has 8 heteroatoms. The zero-order valence-electron chi connectivity index (χ0n) is 7.64. The fourth-order valence-electron chi connectivity index (χ4n) is 0.263. The number of hydrogen-bond acceptors (Lipinski definition) is 7. The smallest absolute Gasteiger partial charge is 0.550 e. The molecular formula is C6H12N2O4SSr. The monoisotopic (exact) mass is 296 g/mol. The minimum atomic E-state index is -1.58. The van der Waals surface area contributed by atoms with Crippen molar-refractivity contribution in [2.24, 2.45) is 11.5 Å². The van der Waals surface area contributed by atoms with E-state index in [4.69, 9.17) is 11.5 Å². The molecule has 0 saturated carbocycles. The van der Waals surface area contributed by atoms with Crippen molar-refractivity contribution in [1.82, 2.24) is 0 Å². The van der Waals surface area contributed by atoms with Gasteiger partial charge in [0.2, 0.25) is 0 Å². The van der Waals surface area contributed by atoms with Gasteiger partial charge in [0.1, 0.15) is 0 Å². The normalized spacial score (nSPS) is 10.2. The van der Waals surface area contributed by atoms with Crippen molar-refractivity contribution in [3.05, 3.63) is 0 Å². The Morgan fingerprint density at radius 1 is 1.36 bits per heavy atom. The maximum Gasteiger partial charge on any atom is 2.00 e. The van der Waals surface area contributed by atoms with Crippen molar-refractivity contribution in [2.45, 2.75) is 12.5 Å². The maximum absolute atomic E-state index is 9.71. The molecule has 0 aliphatic heterocycles. The van der Waals surface area contributed by atoms with Gasteiger partial charge in [0.25, 0.3) is 0 Å². The van der Waals surface area contributed by atoms with Crippen LogP contribution in [0.4, 0.5) is 0 Å². The third-order valence-electron chi connectivity index (χ3n) is 0.818. The van der Waals surface area contributed by atoms with Crippen LogP contribution in [-0.2, 0) is 9.59 Å². The maximum atomic E-state index is 9.71. The average molecular weight is 296 g/mol. The summed E-state index contributed by atoms with van der Waals surface area (Å²) in [5.41, 5.74) is 9.69. The number of carboxylic acids is 2. The van der Waals surface area contributed by atoms with E-state index in [-0.39, 0.29) is 45.5 Å². The average Bonchev–Trinajstić information content (AvgIpc) is 2.03. The van der Waals surface area contributed by atoms with Crippen LogP contribution in [0.15, 0.2) is 0 Å². The predicted molar refractivity (Wildman–Crippen MR) is 51.3 cm³/mol. The zero-order chi connectivity index (χ0) is 10.9. The molecule has 78 valence electrons. The van der Waals surface area contributed by atoms with Gasteiger partial charge in [-0.05, 0) is 0 Å². The van der Waals surface area contributed by atoms with Crippen molar-refractivity contribution >= 4 is 70.0 Å². The van der Waals surface area contributed by atoms with Crippen LogP contribution >= 0.6 is 12.6 Å². The van der Waals surface area contributed by atoms with E-state index in [1.807, 2.05) is 0 Å². The molecule has 0 radical (unpaired) electrons. The first-order valence-electron chi connectivity index (χ1n) is 3.42. The zero-order valence-corrected chi connectivity index (χ0v) is 12.0. The molecule has 6 nitrogen and oxygen atoms in total. The number of carbonyl (C=O) groups is 2. The number of thiol groups is 1. The van der Waals surface area contributed by atoms with Gasteiger partial charge < -0.3 is 31.3 Å². The Morgan fingerprint density at radius 3 is 1.79 bits per heavy atom. The van der Waals surface area contributed by atoms with E-state index in [1.165, 1.54) is 0 Å². The van der Waals surface area contributed by atoms with E-state index in [2.05, 4.69) is 12.6 Å². The molecule has 0 aliphatic carbocycles. The molecule has 0 rings (SSSR count). The van der Waals surface area contributed by atoms with Crippen LogP contribution in [0.2, 0.25) is 0 Å². The van der Waals surface area contributed by atoms with Crippen molar-refractivity contribution in [1.29, 1.82) is 0 Å². The standard InChI is InChI=1S/C4H7NO4.C2H7NS.Sr/c5-2(4(8)9)1-3(6)7;3-1-2-4;/h2H,1,5H2,(H,6,7)(H,8,9);4H,1-3H2;/q;;+2/p-2. The second-order valence-electron chi connectivity index (χ2n) is 2.01. The van der Waals surface area contributed by atoms with Gasteiger partial charge in [-0.2, -0.15) is 12.6 Å². The molecule has 0 spiro atoms. The van der Waals surface area contributed by atoms with Crippen LogP contribution in [0, 0.1) is 0 Å². The largest absolute Gasteiger partial charge is 2.00 e. The van der Waals surface area contributed by atoms with Crippen LogP contribution in [-0.4, -0.2) is 75.8 Å². The van der Waals surface area contributed by atoms with E-state index in [9.17, 15) is 19.8 Å². The molecule has 1 unspecified atom stereocenters. The Bertz CT molecular complexity index is 168. The third kappa shape index (κ3) is 18.5. The van der Waals surface area contributed by atoms with Crippen LogP contribution < -0.4 is 21.7 Å². The Kier molecular flexibility index (Phi) is 19.7. The Hall–Kier alpha value is 0.691. The summed E-state index contributed by atoms with van der Waals surface area (Å²) in [6.07, 6.45) is -0.706. The molecule has 4 N–H and O–H groups in total. The summed E-state index contributed by atoms with van der Waals surface area (Å²) in [5, 5.41) is 19.3. The summed E-state index contributed by atoms with van der Waals surface area (Å²) in [6, 6.07) is -1.46. The van der Waals surface area contributed by atoms with Gasteiger partial charge in [0.05, 0.1) is 5.97 Å². The van der Waals surface area contributed by atoms with Gasteiger partial charge in [-0.25, -0.2) is 0 Å². The molecule has 1 atom stereocenters. The molecule has 0 heterocycles. The van der Waals surface area contributed by atoms with Crippen molar-refractivity contribution in [3.8, 4) is 0 Å². The minimum Gasteiger partial charge on any atom is -0.550 e. The minimum absolute atomic E-state index is 0. The van der Waals surface area contributed by atoms with Gasteiger partial charge in [0.15, 0.2) is 0 Å². The van der Waals surface area contributed by atoms with Gasteiger partial charge in [-0.1, -0.05) is 0 Å². The van der Waals surface area contributed by atoms with Crippen LogP contribution in [0.25, 0.3) is 0 Å². The number of aliphatic carboxylic acids is 2. The van der Waals surface area contributed by atoms with Gasteiger partial charge in [-0.15, -0.1) is 0 Å². The fraction of sp³-hybridized carbons (Fsp3) is 0.667. The number of rotatable bonds is 4. The molecule has 0 fully saturated rings.